The first-order valence-corrected chi connectivity index (χ1v) is 5.83. The van der Waals surface area contributed by atoms with Gasteiger partial charge in [-0.3, -0.25) is 4.90 Å². The fourth-order valence-corrected chi connectivity index (χ4v) is 1.92. The van der Waals surface area contributed by atoms with Gasteiger partial charge in [0.05, 0.1) is 26.4 Å². The van der Waals surface area contributed by atoms with Crippen LogP contribution in [-0.2, 0) is 23.7 Å². The van der Waals surface area contributed by atoms with Crippen LogP contribution in [0, 0.1) is 0 Å². The third-order valence-electron chi connectivity index (χ3n) is 2.91. The molecule has 1 amide bonds. The summed E-state index contributed by atoms with van der Waals surface area (Å²) < 4.78 is 19.7. The van der Waals surface area contributed by atoms with Gasteiger partial charge >= 0.3 is 12.1 Å². The minimum atomic E-state index is -0.630. The summed E-state index contributed by atoms with van der Waals surface area (Å²) in [5.74, 6) is -0.581. The van der Waals surface area contributed by atoms with Crippen LogP contribution in [0.4, 0.5) is 4.79 Å². The summed E-state index contributed by atoms with van der Waals surface area (Å²) in [7, 11) is 4.03. The van der Waals surface area contributed by atoms with Gasteiger partial charge in [-0.15, -0.1) is 0 Å². The molecule has 0 bridgehead atoms. The number of hydrogen-bond acceptors (Lipinski definition) is 6. The second-order valence-electron chi connectivity index (χ2n) is 4.01. The van der Waals surface area contributed by atoms with E-state index in [1.165, 1.54) is 26.2 Å². The van der Waals surface area contributed by atoms with E-state index in [2.05, 4.69) is 9.47 Å². The SMILES string of the molecule is COCO[C@H]1CC=C(C(=O)OC)N(C(=O)OC)[C@H]1C. The van der Waals surface area contributed by atoms with Crippen LogP contribution < -0.4 is 0 Å². The maximum Gasteiger partial charge on any atom is 0.414 e. The van der Waals surface area contributed by atoms with Gasteiger partial charge in [0.2, 0.25) is 0 Å². The molecule has 1 heterocycles. The van der Waals surface area contributed by atoms with Gasteiger partial charge in [-0.2, -0.15) is 0 Å². The summed E-state index contributed by atoms with van der Waals surface area (Å²) in [6, 6.07) is -0.360. The highest BCUT2D eigenvalue weighted by Gasteiger charge is 2.37. The Balaban J connectivity index is 2.95. The summed E-state index contributed by atoms with van der Waals surface area (Å²) in [4.78, 5) is 24.7. The van der Waals surface area contributed by atoms with Crippen LogP contribution in [0.2, 0.25) is 0 Å². The van der Waals surface area contributed by atoms with E-state index in [-0.39, 0.29) is 24.6 Å². The van der Waals surface area contributed by atoms with Gasteiger partial charge < -0.3 is 18.9 Å². The van der Waals surface area contributed by atoms with Crippen LogP contribution >= 0.6 is 0 Å². The average Bonchev–Trinajstić information content (AvgIpc) is 2.44. The molecule has 0 unspecified atom stereocenters. The second-order valence-corrected chi connectivity index (χ2v) is 4.01. The number of carbonyl (C=O) groups is 2. The summed E-state index contributed by atoms with van der Waals surface area (Å²) in [5, 5.41) is 0. The highest BCUT2D eigenvalue weighted by atomic mass is 16.7. The average molecular weight is 273 g/mol. The van der Waals surface area contributed by atoms with Gasteiger partial charge in [0.15, 0.2) is 0 Å². The van der Waals surface area contributed by atoms with E-state index in [0.717, 1.165) is 0 Å². The molecule has 0 aromatic heterocycles. The molecule has 0 aromatic rings. The Kier molecular flexibility index (Phi) is 5.78. The molecule has 0 aromatic carbocycles. The van der Waals surface area contributed by atoms with Crippen molar-refractivity contribution in [3.8, 4) is 0 Å². The zero-order valence-electron chi connectivity index (χ0n) is 11.5. The molecule has 0 aliphatic carbocycles. The Hall–Kier alpha value is -1.60. The summed E-state index contributed by atoms with van der Waals surface area (Å²) >= 11 is 0. The standard InChI is InChI=1S/C12H19NO6/c1-8-10(19-7-16-2)6-5-9(11(14)17-3)13(8)12(15)18-4/h5,8,10H,6-7H2,1-4H3/t8-,10-/m0/s1. The third kappa shape index (κ3) is 3.45. The normalized spacial score (nSPS) is 22.7. The lowest BCUT2D eigenvalue weighted by Crippen LogP contribution is -2.50. The van der Waals surface area contributed by atoms with Crippen LogP contribution in [0.1, 0.15) is 13.3 Å². The molecule has 7 nitrogen and oxygen atoms in total. The van der Waals surface area contributed by atoms with Gasteiger partial charge in [0.25, 0.3) is 0 Å². The Labute approximate surface area is 112 Å². The van der Waals surface area contributed by atoms with Crippen molar-refractivity contribution in [3.05, 3.63) is 11.8 Å². The fraction of sp³-hybridized carbons (Fsp3) is 0.667. The lowest BCUT2D eigenvalue weighted by Gasteiger charge is -2.36. The fourth-order valence-electron chi connectivity index (χ4n) is 1.92. The van der Waals surface area contributed by atoms with Crippen LogP contribution in [0.25, 0.3) is 0 Å². The predicted molar refractivity (Wildman–Crippen MR) is 65.2 cm³/mol. The van der Waals surface area contributed by atoms with Crippen molar-refractivity contribution < 1.29 is 28.5 Å². The highest BCUT2D eigenvalue weighted by Crippen LogP contribution is 2.25. The monoisotopic (exact) mass is 273 g/mol. The van der Waals surface area contributed by atoms with Crippen molar-refractivity contribution in [2.45, 2.75) is 25.5 Å². The molecule has 1 aliphatic rings. The van der Waals surface area contributed by atoms with E-state index in [0.29, 0.717) is 6.42 Å². The molecule has 0 fully saturated rings. The molecule has 108 valence electrons. The number of hydrogen-bond donors (Lipinski definition) is 0. The van der Waals surface area contributed by atoms with E-state index >= 15 is 0 Å². The van der Waals surface area contributed by atoms with Crippen LogP contribution in [0.3, 0.4) is 0 Å². The third-order valence-corrected chi connectivity index (χ3v) is 2.91. The van der Waals surface area contributed by atoms with Crippen molar-refractivity contribution in [1.82, 2.24) is 4.90 Å². The minimum absolute atomic E-state index is 0.116. The Morgan fingerprint density at radius 1 is 1.32 bits per heavy atom. The van der Waals surface area contributed by atoms with E-state index < -0.39 is 12.1 Å². The number of carbonyl (C=O) groups excluding carboxylic acids is 2. The van der Waals surface area contributed by atoms with Crippen molar-refractivity contribution in [2.24, 2.45) is 0 Å². The van der Waals surface area contributed by atoms with E-state index in [1.54, 1.807) is 13.0 Å². The van der Waals surface area contributed by atoms with Crippen LogP contribution in [-0.4, -0.2) is 57.2 Å². The molecular weight excluding hydrogens is 254 g/mol. The van der Waals surface area contributed by atoms with Gasteiger partial charge in [-0.25, -0.2) is 9.59 Å². The van der Waals surface area contributed by atoms with Crippen molar-refractivity contribution in [1.29, 1.82) is 0 Å². The number of methoxy groups -OCH3 is 3. The van der Waals surface area contributed by atoms with Gasteiger partial charge in [0.1, 0.15) is 12.5 Å². The molecule has 0 spiro atoms. The molecule has 19 heavy (non-hydrogen) atoms. The first kappa shape index (κ1) is 15.5. The first-order valence-electron chi connectivity index (χ1n) is 5.83. The van der Waals surface area contributed by atoms with Crippen molar-refractivity contribution in [3.63, 3.8) is 0 Å². The number of esters is 1. The molecular formula is C12H19NO6. The topological polar surface area (TPSA) is 74.3 Å². The van der Waals surface area contributed by atoms with Gasteiger partial charge in [0, 0.05) is 7.11 Å². The smallest absolute Gasteiger partial charge is 0.414 e. The molecule has 0 saturated carbocycles. The van der Waals surface area contributed by atoms with Crippen molar-refractivity contribution >= 4 is 12.1 Å². The zero-order valence-corrected chi connectivity index (χ0v) is 11.5. The molecule has 0 radical (unpaired) electrons. The molecule has 7 heteroatoms. The summed E-state index contributed by atoms with van der Waals surface area (Å²) in [5.41, 5.74) is 0.166. The largest absolute Gasteiger partial charge is 0.464 e. The van der Waals surface area contributed by atoms with Crippen LogP contribution in [0.15, 0.2) is 11.8 Å². The van der Waals surface area contributed by atoms with Crippen LogP contribution in [0.5, 0.6) is 0 Å². The maximum absolute atomic E-state index is 11.8. The Bertz CT molecular complexity index is 367. The molecule has 1 rings (SSSR count). The van der Waals surface area contributed by atoms with E-state index in [9.17, 15) is 9.59 Å². The Morgan fingerprint density at radius 3 is 2.53 bits per heavy atom. The van der Waals surface area contributed by atoms with E-state index in [1.807, 2.05) is 0 Å². The maximum atomic E-state index is 11.8. The highest BCUT2D eigenvalue weighted by molar-refractivity contribution is 5.92. The molecule has 1 aliphatic heterocycles. The number of nitrogens with zero attached hydrogens (tertiary/aromatic N) is 1. The number of rotatable bonds is 4. The summed E-state index contributed by atoms with van der Waals surface area (Å²) in [6.45, 7) is 1.89. The quantitative estimate of drug-likeness (QED) is 0.559. The van der Waals surface area contributed by atoms with Crippen molar-refractivity contribution in [2.75, 3.05) is 28.1 Å². The summed E-state index contributed by atoms with van der Waals surface area (Å²) in [6.07, 6.45) is 1.19. The second kappa shape index (κ2) is 7.10. The molecule has 0 saturated heterocycles. The van der Waals surface area contributed by atoms with Gasteiger partial charge in [-0.05, 0) is 13.3 Å². The number of ether oxygens (including phenoxy) is 4. The molecule has 2 atom stereocenters. The lowest BCUT2D eigenvalue weighted by atomic mass is 10.0. The minimum Gasteiger partial charge on any atom is -0.464 e. The first-order chi connectivity index (χ1) is 9.06. The van der Waals surface area contributed by atoms with Gasteiger partial charge in [-0.1, -0.05) is 6.08 Å². The predicted octanol–water partition coefficient (Wildman–Crippen LogP) is 0.893. The molecule has 0 N–H and O–H groups in total. The Morgan fingerprint density at radius 2 is 2.00 bits per heavy atom. The zero-order chi connectivity index (χ0) is 14.4. The van der Waals surface area contributed by atoms with E-state index in [4.69, 9.17) is 9.47 Å². The number of amides is 1. The lowest BCUT2D eigenvalue weighted by molar-refractivity contribution is -0.140.